The third-order valence-electron chi connectivity index (χ3n) is 2.51. The molecule has 0 unspecified atom stereocenters. The van der Waals surface area contributed by atoms with E-state index in [0.717, 1.165) is 0 Å². The first kappa shape index (κ1) is 15.0. The number of carboxylic acids is 1. The predicted molar refractivity (Wildman–Crippen MR) is 78.2 cm³/mol. The molecule has 1 N–H and O–H groups in total. The monoisotopic (exact) mass is 307 g/mol. The van der Waals surface area contributed by atoms with Crippen LogP contribution in [0.3, 0.4) is 0 Å². The van der Waals surface area contributed by atoms with Crippen molar-refractivity contribution in [2.75, 3.05) is 6.61 Å². The Morgan fingerprint density at radius 1 is 1.33 bits per heavy atom. The number of hydrogen-bond acceptors (Lipinski definition) is 3. The van der Waals surface area contributed by atoms with E-state index in [4.69, 9.17) is 21.4 Å². The Bertz CT molecular complexity index is 688. The molecule has 0 aromatic heterocycles. The van der Waals surface area contributed by atoms with Gasteiger partial charge >= 0.3 is 5.97 Å². The molecule has 0 atom stereocenters. The van der Waals surface area contributed by atoms with E-state index >= 15 is 0 Å². The second-order valence-electron chi connectivity index (χ2n) is 4.08. The lowest BCUT2D eigenvalue weighted by Crippen LogP contribution is -2.09. The summed E-state index contributed by atoms with van der Waals surface area (Å²) in [6.07, 6.45) is 1.46. The molecule has 108 valence electrons. The molecule has 2 aromatic carbocycles. The lowest BCUT2D eigenvalue weighted by atomic mass is 10.2. The molecule has 0 heterocycles. The molecule has 2 aromatic rings. The van der Waals surface area contributed by atoms with Crippen LogP contribution in [-0.2, 0) is 4.79 Å². The number of aliphatic imine (C=N–C) groups is 1. The fraction of sp³-hybridized carbons (Fsp3) is 0.0667. The molecule has 0 saturated heterocycles. The smallest absolute Gasteiger partial charge is 0.341 e. The van der Waals surface area contributed by atoms with E-state index in [-0.39, 0.29) is 16.5 Å². The minimum atomic E-state index is -1.09. The van der Waals surface area contributed by atoms with Gasteiger partial charge in [0, 0.05) is 6.21 Å². The van der Waals surface area contributed by atoms with Crippen molar-refractivity contribution in [3.8, 4) is 5.75 Å². The third-order valence-corrected chi connectivity index (χ3v) is 2.81. The van der Waals surface area contributed by atoms with Gasteiger partial charge in [0.25, 0.3) is 0 Å². The summed E-state index contributed by atoms with van der Waals surface area (Å²) in [6, 6.07) is 10.9. The highest BCUT2D eigenvalue weighted by atomic mass is 35.5. The minimum Gasteiger partial charge on any atom is -0.480 e. The van der Waals surface area contributed by atoms with Gasteiger partial charge in [0.1, 0.15) is 11.6 Å². The maximum atomic E-state index is 13.4. The van der Waals surface area contributed by atoms with Crippen molar-refractivity contribution in [3.63, 3.8) is 0 Å². The number of ether oxygens (including phenoxy) is 1. The Kier molecular flexibility index (Phi) is 4.90. The molecular formula is C15H11ClFNO3. The number of halogens is 2. The molecule has 0 saturated carbocycles. The van der Waals surface area contributed by atoms with Crippen LogP contribution in [0.25, 0.3) is 0 Å². The number of benzene rings is 2. The Morgan fingerprint density at radius 2 is 2.10 bits per heavy atom. The molecule has 4 nitrogen and oxygen atoms in total. The Balaban J connectivity index is 2.13. The molecule has 6 heteroatoms. The van der Waals surface area contributed by atoms with Crippen molar-refractivity contribution in [2.24, 2.45) is 4.99 Å². The first-order chi connectivity index (χ1) is 10.1. The summed E-state index contributed by atoms with van der Waals surface area (Å²) in [4.78, 5) is 14.4. The first-order valence-electron chi connectivity index (χ1n) is 5.99. The van der Waals surface area contributed by atoms with Crippen molar-refractivity contribution in [2.45, 2.75) is 0 Å². The molecule has 0 fully saturated rings. The molecule has 0 bridgehead atoms. The second kappa shape index (κ2) is 6.85. The summed E-state index contributed by atoms with van der Waals surface area (Å²) < 4.78 is 18.4. The summed E-state index contributed by atoms with van der Waals surface area (Å²) >= 11 is 5.97. The summed E-state index contributed by atoms with van der Waals surface area (Å²) in [7, 11) is 0. The van der Waals surface area contributed by atoms with Crippen LogP contribution in [0, 0.1) is 5.82 Å². The Labute approximate surface area is 125 Å². The van der Waals surface area contributed by atoms with Crippen LogP contribution in [0.5, 0.6) is 5.75 Å². The van der Waals surface area contributed by atoms with Crippen molar-refractivity contribution in [1.82, 2.24) is 0 Å². The Morgan fingerprint density at radius 3 is 2.76 bits per heavy atom. The van der Waals surface area contributed by atoms with Gasteiger partial charge in [-0.05, 0) is 35.9 Å². The number of nitrogens with zero attached hydrogens (tertiary/aromatic N) is 1. The van der Waals surface area contributed by atoms with E-state index in [2.05, 4.69) is 4.99 Å². The number of para-hydroxylation sites is 1. The van der Waals surface area contributed by atoms with Gasteiger partial charge in [-0.1, -0.05) is 23.7 Å². The van der Waals surface area contributed by atoms with E-state index in [0.29, 0.717) is 5.56 Å². The average molecular weight is 308 g/mol. The summed E-state index contributed by atoms with van der Waals surface area (Å²) in [5.74, 6) is -1.24. The molecular weight excluding hydrogens is 297 g/mol. The summed E-state index contributed by atoms with van der Waals surface area (Å²) in [6.45, 7) is -0.470. The number of aliphatic carboxylic acids is 1. The number of rotatable bonds is 5. The van der Waals surface area contributed by atoms with Gasteiger partial charge in [-0.3, -0.25) is 4.99 Å². The van der Waals surface area contributed by atoms with Crippen LogP contribution >= 0.6 is 11.6 Å². The highest BCUT2D eigenvalue weighted by molar-refractivity contribution is 6.32. The summed E-state index contributed by atoms with van der Waals surface area (Å²) in [5.41, 5.74) is 0.866. The fourth-order valence-electron chi connectivity index (χ4n) is 1.55. The van der Waals surface area contributed by atoms with Crippen LogP contribution in [0.4, 0.5) is 10.1 Å². The van der Waals surface area contributed by atoms with Crippen LogP contribution in [0.1, 0.15) is 5.56 Å². The molecule has 0 radical (unpaired) electrons. The zero-order valence-corrected chi connectivity index (χ0v) is 11.5. The molecule has 0 aliphatic heterocycles. The first-order valence-corrected chi connectivity index (χ1v) is 6.37. The minimum absolute atomic E-state index is 0.222. The van der Waals surface area contributed by atoms with Gasteiger partial charge in [-0.15, -0.1) is 0 Å². The number of carbonyl (C=O) groups is 1. The lowest BCUT2D eigenvalue weighted by molar-refractivity contribution is -0.139. The SMILES string of the molecule is O=C(O)COc1ccc(C=Nc2ccccc2F)cc1Cl. The zero-order valence-electron chi connectivity index (χ0n) is 10.8. The largest absolute Gasteiger partial charge is 0.480 e. The molecule has 0 aliphatic rings. The molecule has 0 amide bonds. The van der Waals surface area contributed by atoms with Gasteiger partial charge in [-0.25, -0.2) is 9.18 Å². The molecule has 0 aliphatic carbocycles. The topological polar surface area (TPSA) is 58.9 Å². The van der Waals surface area contributed by atoms with Crippen LogP contribution in [-0.4, -0.2) is 23.9 Å². The zero-order chi connectivity index (χ0) is 15.2. The van der Waals surface area contributed by atoms with Crippen LogP contribution < -0.4 is 4.74 Å². The van der Waals surface area contributed by atoms with Gasteiger partial charge in [0.15, 0.2) is 6.61 Å². The number of hydrogen-bond donors (Lipinski definition) is 1. The van der Waals surface area contributed by atoms with Crippen molar-refractivity contribution in [1.29, 1.82) is 0 Å². The quantitative estimate of drug-likeness (QED) is 0.857. The van der Waals surface area contributed by atoms with Crippen molar-refractivity contribution >= 4 is 29.5 Å². The van der Waals surface area contributed by atoms with Gasteiger partial charge in [0.05, 0.1) is 10.7 Å². The highest BCUT2D eigenvalue weighted by Crippen LogP contribution is 2.25. The highest BCUT2D eigenvalue weighted by Gasteiger charge is 2.05. The number of carboxylic acid groups (broad SMARTS) is 1. The van der Waals surface area contributed by atoms with E-state index < -0.39 is 18.4 Å². The van der Waals surface area contributed by atoms with Gasteiger partial charge in [-0.2, -0.15) is 0 Å². The lowest BCUT2D eigenvalue weighted by Gasteiger charge is -2.05. The molecule has 21 heavy (non-hydrogen) atoms. The van der Waals surface area contributed by atoms with E-state index in [1.165, 1.54) is 18.3 Å². The maximum Gasteiger partial charge on any atom is 0.341 e. The molecule has 2 rings (SSSR count). The van der Waals surface area contributed by atoms with E-state index in [1.807, 2.05) is 0 Å². The fourth-order valence-corrected chi connectivity index (χ4v) is 1.80. The summed E-state index contributed by atoms with van der Waals surface area (Å²) in [5, 5.41) is 8.79. The molecule has 0 spiro atoms. The van der Waals surface area contributed by atoms with Crippen LogP contribution in [0.2, 0.25) is 5.02 Å². The Hall–Kier alpha value is -2.40. The normalized spacial score (nSPS) is 10.8. The van der Waals surface area contributed by atoms with Crippen LogP contribution in [0.15, 0.2) is 47.5 Å². The van der Waals surface area contributed by atoms with E-state index in [1.54, 1.807) is 30.3 Å². The second-order valence-corrected chi connectivity index (χ2v) is 4.49. The van der Waals surface area contributed by atoms with E-state index in [9.17, 15) is 9.18 Å². The van der Waals surface area contributed by atoms with Gasteiger partial charge in [0.2, 0.25) is 0 Å². The maximum absolute atomic E-state index is 13.4. The predicted octanol–water partition coefficient (Wildman–Crippen LogP) is 3.69. The van der Waals surface area contributed by atoms with Crippen molar-refractivity contribution < 1.29 is 19.0 Å². The third kappa shape index (κ3) is 4.29. The van der Waals surface area contributed by atoms with Gasteiger partial charge < -0.3 is 9.84 Å². The standard InChI is InChI=1S/C15H11ClFNO3/c16-11-7-10(5-6-14(11)21-9-15(19)20)8-18-13-4-2-1-3-12(13)17/h1-8H,9H2,(H,19,20). The van der Waals surface area contributed by atoms with Crippen molar-refractivity contribution in [3.05, 3.63) is 58.9 Å². The average Bonchev–Trinajstić information content (AvgIpc) is 2.45.